The number of benzene rings is 1. The van der Waals surface area contributed by atoms with Crippen molar-refractivity contribution in [2.45, 2.75) is 11.2 Å². The van der Waals surface area contributed by atoms with Crippen LogP contribution in [0.4, 0.5) is 14.5 Å². The zero-order chi connectivity index (χ0) is 21.5. The summed E-state index contributed by atoms with van der Waals surface area (Å²) in [4.78, 5) is 20.7. The number of rotatable bonds is 3. The minimum Gasteiger partial charge on any atom is -0.379 e. The Balaban J connectivity index is 0.00000272. The number of nitriles is 1. The van der Waals surface area contributed by atoms with E-state index in [-0.39, 0.29) is 64.1 Å². The monoisotopic (exact) mass is 485 g/mol. The van der Waals surface area contributed by atoms with Gasteiger partial charge in [0.1, 0.15) is 17.6 Å². The molecule has 1 fully saturated rings. The lowest BCUT2D eigenvalue weighted by Gasteiger charge is -2.38. The first kappa shape index (κ1) is 23.2. The zero-order valence-electron chi connectivity index (χ0n) is 15.7. The van der Waals surface area contributed by atoms with Crippen molar-refractivity contribution < 1.29 is 18.3 Å². The number of thioether (sulfide) groups is 1. The molecular weight excluding hydrogens is 471 g/mol. The maximum atomic E-state index is 15.6. The van der Waals surface area contributed by atoms with Gasteiger partial charge in [-0.25, -0.2) is 18.8 Å². The number of aromatic nitrogens is 1. The molecule has 0 radical (unpaired) electrons. The quantitative estimate of drug-likeness (QED) is 0.688. The van der Waals surface area contributed by atoms with Crippen molar-refractivity contribution in [3.05, 3.63) is 58.1 Å². The van der Waals surface area contributed by atoms with Gasteiger partial charge in [-0.15, -0.1) is 12.4 Å². The summed E-state index contributed by atoms with van der Waals surface area (Å²) in [5.74, 6) is -1.39. The number of alkyl halides is 1. The highest BCUT2D eigenvalue weighted by Crippen LogP contribution is 2.50. The zero-order valence-corrected chi connectivity index (χ0v) is 18.1. The lowest BCUT2D eigenvalue weighted by Crippen LogP contribution is -2.52. The molecule has 1 amide bonds. The number of aliphatic imine (C=N–C) groups is 1. The van der Waals surface area contributed by atoms with E-state index in [4.69, 9.17) is 27.3 Å². The third kappa shape index (κ3) is 3.94. The average Bonchev–Trinajstić information content (AvgIpc) is 3.06. The van der Waals surface area contributed by atoms with Gasteiger partial charge in [0, 0.05) is 23.2 Å². The van der Waals surface area contributed by atoms with E-state index in [0.29, 0.717) is 0 Å². The number of ether oxygens (including phenoxy) is 1. The molecule has 3 N–H and O–H groups in total. The Labute approximate surface area is 191 Å². The summed E-state index contributed by atoms with van der Waals surface area (Å²) in [6.07, 6.45) is 1.21. The highest BCUT2D eigenvalue weighted by atomic mass is 35.5. The van der Waals surface area contributed by atoms with E-state index in [1.54, 1.807) is 0 Å². The molecule has 3 heterocycles. The second kappa shape index (κ2) is 8.59. The number of amidine groups is 1. The van der Waals surface area contributed by atoms with Crippen molar-refractivity contribution in [1.82, 2.24) is 4.98 Å². The minimum atomic E-state index is -1.94. The number of pyridine rings is 1. The molecule has 1 aromatic heterocycles. The third-order valence-corrected chi connectivity index (χ3v) is 6.27. The van der Waals surface area contributed by atoms with Crippen LogP contribution < -0.4 is 11.1 Å². The number of carbonyl (C=O) groups excluding carboxylic acids is 1. The number of hydrogen-bond acceptors (Lipinski definition) is 7. The van der Waals surface area contributed by atoms with Crippen molar-refractivity contribution in [1.29, 1.82) is 5.26 Å². The Morgan fingerprint density at radius 2 is 2.16 bits per heavy atom. The molecule has 2 aliphatic rings. The SMILES string of the molecule is Cl.N#Cc1cnc(C(=O)Nc2ccc(F)c(C34COCC3(F)CSC(N)=N4)c2)c(Cl)c1. The molecule has 2 atom stereocenters. The van der Waals surface area contributed by atoms with Gasteiger partial charge in [0.25, 0.3) is 5.91 Å². The molecule has 4 rings (SSSR count). The summed E-state index contributed by atoms with van der Waals surface area (Å²) in [5, 5.41) is 11.6. The largest absolute Gasteiger partial charge is 0.379 e. The Kier molecular flexibility index (Phi) is 6.43. The lowest BCUT2D eigenvalue weighted by atomic mass is 9.79. The fraction of sp³-hybridized carbons (Fsp3) is 0.263. The Hall–Kier alpha value is -2.45. The highest BCUT2D eigenvalue weighted by Gasteiger charge is 2.61. The normalized spacial score (nSPS) is 24.4. The Morgan fingerprint density at radius 1 is 1.39 bits per heavy atom. The summed E-state index contributed by atoms with van der Waals surface area (Å²) in [7, 11) is 0. The van der Waals surface area contributed by atoms with Crippen molar-refractivity contribution >= 4 is 52.5 Å². The number of nitrogens with zero attached hydrogens (tertiary/aromatic N) is 3. The Bertz CT molecular complexity index is 1130. The first-order valence-electron chi connectivity index (χ1n) is 8.70. The van der Waals surface area contributed by atoms with E-state index in [1.165, 1.54) is 24.4 Å². The van der Waals surface area contributed by atoms with Gasteiger partial charge in [0.2, 0.25) is 0 Å². The summed E-state index contributed by atoms with van der Waals surface area (Å²) < 4.78 is 35.7. The van der Waals surface area contributed by atoms with E-state index < -0.39 is 22.9 Å². The van der Waals surface area contributed by atoms with Crippen molar-refractivity contribution in [2.24, 2.45) is 10.7 Å². The summed E-state index contributed by atoms with van der Waals surface area (Å²) >= 11 is 7.06. The minimum absolute atomic E-state index is 0. The molecular formula is C19H15Cl2F2N5O2S. The lowest BCUT2D eigenvalue weighted by molar-refractivity contribution is 0.102. The van der Waals surface area contributed by atoms with Crippen LogP contribution in [0.2, 0.25) is 5.02 Å². The molecule has 7 nitrogen and oxygen atoms in total. The topological polar surface area (TPSA) is 113 Å². The van der Waals surface area contributed by atoms with Crippen LogP contribution in [0, 0.1) is 17.1 Å². The smallest absolute Gasteiger partial charge is 0.275 e. The maximum absolute atomic E-state index is 15.6. The first-order valence-corrected chi connectivity index (χ1v) is 10.1. The van der Waals surface area contributed by atoms with Crippen LogP contribution in [0.3, 0.4) is 0 Å². The van der Waals surface area contributed by atoms with Crippen LogP contribution >= 0.6 is 35.8 Å². The van der Waals surface area contributed by atoms with Gasteiger partial charge in [0.05, 0.1) is 23.8 Å². The molecule has 0 spiro atoms. The van der Waals surface area contributed by atoms with Crippen LogP contribution in [-0.4, -0.2) is 40.7 Å². The standard InChI is InChI=1S/C19H14ClF2N5O2S.ClH/c20-13-3-10(5-23)6-25-15(13)16(28)26-11-1-2-14(21)12(4-11)19-8-29-7-18(19,22)9-30-17(24)27-19;/h1-4,6H,7-9H2,(H2,24,27)(H,26,28);1H. The fourth-order valence-electron chi connectivity index (χ4n) is 3.47. The number of halogens is 4. The second-order valence-electron chi connectivity index (χ2n) is 6.87. The van der Waals surface area contributed by atoms with E-state index >= 15 is 4.39 Å². The molecule has 0 saturated carbocycles. The van der Waals surface area contributed by atoms with Crippen molar-refractivity contribution in [2.75, 3.05) is 24.3 Å². The molecule has 1 saturated heterocycles. The fourth-order valence-corrected chi connectivity index (χ4v) is 4.64. The van der Waals surface area contributed by atoms with Crippen LogP contribution in [0.15, 0.2) is 35.5 Å². The van der Waals surface area contributed by atoms with Crippen molar-refractivity contribution in [3.8, 4) is 6.07 Å². The molecule has 0 aliphatic carbocycles. The van der Waals surface area contributed by atoms with Crippen LogP contribution in [-0.2, 0) is 10.3 Å². The molecule has 1 aromatic carbocycles. The van der Waals surface area contributed by atoms with Crippen LogP contribution in [0.5, 0.6) is 0 Å². The van der Waals surface area contributed by atoms with E-state index in [1.807, 2.05) is 6.07 Å². The number of nitrogens with one attached hydrogen (secondary N) is 1. The molecule has 12 heteroatoms. The van der Waals surface area contributed by atoms with Gasteiger partial charge >= 0.3 is 0 Å². The number of anilines is 1. The molecule has 2 unspecified atom stereocenters. The maximum Gasteiger partial charge on any atom is 0.275 e. The number of hydrogen-bond donors (Lipinski definition) is 2. The predicted octanol–water partition coefficient (Wildman–Crippen LogP) is 3.42. The Morgan fingerprint density at radius 3 is 2.87 bits per heavy atom. The third-order valence-electron chi connectivity index (χ3n) is 4.99. The number of fused-ring (bicyclic) bond motifs is 1. The van der Waals surface area contributed by atoms with Gasteiger partial charge in [-0.05, 0) is 24.3 Å². The van der Waals surface area contributed by atoms with Crippen molar-refractivity contribution in [3.63, 3.8) is 0 Å². The molecule has 162 valence electrons. The van der Waals surface area contributed by atoms with Crippen LogP contribution in [0.25, 0.3) is 0 Å². The van der Waals surface area contributed by atoms with Gasteiger partial charge in [-0.2, -0.15) is 5.26 Å². The van der Waals surface area contributed by atoms with Gasteiger partial charge in [-0.1, -0.05) is 23.4 Å². The van der Waals surface area contributed by atoms with Crippen LogP contribution in [0.1, 0.15) is 21.6 Å². The molecule has 0 bridgehead atoms. The number of amides is 1. The molecule has 31 heavy (non-hydrogen) atoms. The van der Waals surface area contributed by atoms with Gasteiger partial charge < -0.3 is 15.8 Å². The summed E-state index contributed by atoms with van der Waals surface area (Å²) in [6, 6.07) is 6.92. The van der Waals surface area contributed by atoms with E-state index in [2.05, 4.69) is 15.3 Å². The summed E-state index contributed by atoms with van der Waals surface area (Å²) in [6.45, 7) is -0.417. The summed E-state index contributed by atoms with van der Waals surface area (Å²) in [5.41, 5.74) is 2.44. The van der Waals surface area contributed by atoms with E-state index in [0.717, 1.165) is 17.8 Å². The van der Waals surface area contributed by atoms with Gasteiger partial charge in [0.15, 0.2) is 16.4 Å². The van der Waals surface area contributed by atoms with Gasteiger partial charge in [-0.3, -0.25) is 4.79 Å². The molecule has 2 aliphatic heterocycles. The number of carbonyl (C=O) groups is 1. The second-order valence-corrected chi connectivity index (χ2v) is 8.27. The molecule has 2 aromatic rings. The number of nitrogens with two attached hydrogens (primary N) is 1. The van der Waals surface area contributed by atoms with E-state index in [9.17, 15) is 9.18 Å². The predicted molar refractivity (Wildman–Crippen MR) is 116 cm³/mol. The average molecular weight is 486 g/mol. The highest BCUT2D eigenvalue weighted by molar-refractivity contribution is 8.13. The first-order chi connectivity index (χ1) is 14.3.